The van der Waals surface area contributed by atoms with E-state index < -0.39 is 0 Å². The molecule has 0 saturated carbocycles. The Morgan fingerprint density at radius 3 is 2.82 bits per heavy atom. The Bertz CT molecular complexity index is 458. The molecule has 1 aromatic rings. The summed E-state index contributed by atoms with van der Waals surface area (Å²) in [6.45, 7) is 2.11. The summed E-state index contributed by atoms with van der Waals surface area (Å²) in [6.07, 6.45) is 3.53. The number of allylic oxidation sites excluding steroid dienone is 3. The lowest BCUT2D eigenvalue weighted by molar-refractivity contribution is -0.118. The van der Waals surface area contributed by atoms with Crippen LogP contribution in [0.3, 0.4) is 0 Å². The minimum atomic E-state index is -0.0489. The fraction of sp³-hybridized carbons (Fsp3) is 0.214. The zero-order valence-corrected chi connectivity index (χ0v) is 9.68. The van der Waals surface area contributed by atoms with E-state index in [1.807, 2.05) is 30.3 Å². The number of hydrogen-bond acceptors (Lipinski definition) is 3. The van der Waals surface area contributed by atoms with Gasteiger partial charge >= 0.3 is 0 Å². The van der Waals surface area contributed by atoms with Crippen LogP contribution in [-0.2, 0) is 20.9 Å². The number of carbonyl (C=O) groups is 1. The van der Waals surface area contributed by atoms with E-state index in [0.717, 1.165) is 5.56 Å². The van der Waals surface area contributed by atoms with Crippen LogP contribution in [0.5, 0.6) is 0 Å². The molecule has 2 rings (SSSR count). The molecule has 0 aromatic heterocycles. The molecule has 0 spiro atoms. The Labute approximate surface area is 100 Å². The number of carbonyl (C=O) groups excluding carboxylic acids is 1. The smallest absolute Gasteiger partial charge is 0.204 e. The molecule has 1 aliphatic heterocycles. The number of hydrogen-bond donors (Lipinski definition) is 0. The number of ether oxygens (including phenoxy) is 2. The van der Waals surface area contributed by atoms with Gasteiger partial charge in [-0.2, -0.15) is 0 Å². The van der Waals surface area contributed by atoms with Crippen molar-refractivity contribution >= 4 is 5.78 Å². The van der Waals surface area contributed by atoms with Gasteiger partial charge in [0, 0.05) is 6.42 Å². The summed E-state index contributed by atoms with van der Waals surface area (Å²) in [6, 6.07) is 9.73. The van der Waals surface area contributed by atoms with Crippen molar-refractivity contribution in [1.29, 1.82) is 0 Å². The summed E-state index contributed by atoms with van der Waals surface area (Å²) in [5.41, 5.74) is 1.03. The number of rotatable bonds is 3. The fourth-order valence-corrected chi connectivity index (χ4v) is 1.56. The average molecular weight is 230 g/mol. The molecule has 3 nitrogen and oxygen atoms in total. The molecular formula is C14H14O3. The zero-order valence-electron chi connectivity index (χ0n) is 9.68. The molecule has 1 aliphatic rings. The molecule has 0 N–H and O–H groups in total. The Balaban J connectivity index is 2.05. The SMILES string of the molecule is CC1=C(OCc2ccccc2)C(=O)CC=CO1. The van der Waals surface area contributed by atoms with Gasteiger partial charge in [0.05, 0.1) is 6.26 Å². The second-order valence-electron chi connectivity index (χ2n) is 3.78. The summed E-state index contributed by atoms with van der Waals surface area (Å²) >= 11 is 0. The van der Waals surface area contributed by atoms with Gasteiger partial charge in [-0.25, -0.2) is 0 Å². The lowest BCUT2D eigenvalue weighted by Crippen LogP contribution is -2.07. The highest BCUT2D eigenvalue weighted by Crippen LogP contribution is 2.17. The Hall–Kier alpha value is -2.03. The molecule has 88 valence electrons. The van der Waals surface area contributed by atoms with E-state index in [-0.39, 0.29) is 5.78 Å². The average Bonchev–Trinajstić information content (AvgIpc) is 2.50. The molecule has 0 bridgehead atoms. The first-order valence-electron chi connectivity index (χ1n) is 5.50. The van der Waals surface area contributed by atoms with Crippen molar-refractivity contribution in [3.63, 3.8) is 0 Å². The molecule has 17 heavy (non-hydrogen) atoms. The van der Waals surface area contributed by atoms with Crippen LogP contribution < -0.4 is 0 Å². The molecule has 0 unspecified atom stereocenters. The second kappa shape index (κ2) is 5.34. The molecule has 0 atom stereocenters. The number of benzene rings is 1. The van der Waals surface area contributed by atoms with Gasteiger partial charge in [-0.3, -0.25) is 4.79 Å². The molecular weight excluding hydrogens is 216 g/mol. The summed E-state index contributed by atoms with van der Waals surface area (Å²) in [5.74, 6) is 0.783. The van der Waals surface area contributed by atoms with Crippen molar-refractivity contribution < 1.29 is 14.3 Å². The zero-order chi connectivity index (χ0) is 12.1. The summed E-state index contributed by atoms with van der Waals surface area (Å²) < 4.78 is 10.8. The van der Waals surface area contributed by atoms with E-state index in [4.69, 9.17) is 9.47 Å². The van der Waals surface area contributed by atoms with E-state index >= 15 is 0 Å². The molecule has 3 heteroatoms. The number of ketones is 1. The van der Waals surface area contributed by atoms with Crippen LogP contribution in [0.15, 0.2) is 54.2 Å². The van der Waals surface area contributed by atoms with Crippen molar-refractivity contribution in [1.82, 2.24) is 0 Å². The van der Waals surface area contributed by atoms with E-state index in [0.29, 0.717) is 24.5 Å². The quantitative estimate of drug-likeness (QED) is 0.800. The first-order valence-corrected chi connectivity index (χ1v) is 5.50. The molecule has 1 aromatic carbocycles. The van der Waals surface area contributed by atoms with Gasteiger partial charge in [-0.05, 0) is 18.6 Å². The van der Waals surface area contributed by atoms with Crippen molar-refractivity contribution in [2.45, 2.75) is 20.0 Å². The molecule has 1 heterocycles. The van der Waals surface area contributed by atoms with Crippen LogP contribution in [0, 0.1) is 0 Å². The predicted octanol–water partition coefficient (Wildman–Crippen LogP) is 2.94. The summed E-state index contributed by atoms with van der Waals surface area (Å²) in [5, 5.41) is 0. The van der Waals surface area contributed by atoms with E-state index in [1.54, 1.807) is 13.0 Å². The van der Waals surface area contributed by atoms with Crippen molar-refractivity contribution in [2.24, 2.45) is 0 Å². The molecule has 0 fully saturated rings. The molecule has 0 amide bonds. The third-order valence-corrected chi connectivity index (χ3v) is 2.44. The van der Waals surface area contributed by atoms with Gasteiger partial charge in [0.2, 0.25) is 11.5 Å². The molecule has 0 saturated heterocycles. The van der Waals surface area contributed by atoms with Crippen LogP contribution in [0.2, 0.25) is 0 Å². The number of Topliss-reactive ketones (excluding diaryl/α,β-unsaturated/α-hetero) is 1. The van der Waals surface area contributed by atoms with Gasteiger partial charge in [-0.1, -0.05) is 30.3 Å². The van der Waals surface area contributed by atoms with Gasteiger partial charge in [0.15, 0.2) is 0 Å². The van der Waals surface area contributed by atoms with Gasteiger partial charge in [0.25, 0.3) is 0 Å². The van der Waals surface area contributed by atoms with Gasteiger partial charge < -0.3 is 9.47 Å². The molecule has 0 aliphatic carbocycles. The Morgan fingerprint density at radius 2 is 2.06 bits per heavy atom. The topological polar surface area (TPSA) is 35.5 Å². The van der Waals surface area contributed by atoms with E-state index in [2.05, 4.69) is 0 Å². The van der Waals surface area contributed by atoms with E-state index in [1.165, 1.54) is 6.26 Å². The largest absolute Gasteiger partial charge is 0.482 e. The normalized spacial score (nSPS) is 15.5. The highest BCUT2D eigenvalue weighted by Gasteiger charge is 2.16. The van der Waals surface area contributed by atoms with E-state index in [9.17, 15) is 4.79 Å². The first-order chi connectivity index (χ1) is 8.27. The van der Waals surface area contributed by atoms with Crippen LogP contribution in [-0.4, -0.2) is 5.78 Å². The Morgan fingerprint density at radius 1 is 1.29 bits per heavy atom. The van der Waals surface area contributed by atoms with Crippen LogP contribution in [0.4, 0.5) is 0 Å². The van der Waals surface area contributed by atoms with Crippen LogP contribution >= 0.6 is 0 Å². The highest BCUT2D eigenvalue weighted by atomic mass is 16.5. The first kappa shape index (κ1) is 11.5. The monoisotopic (exact) mass is 230 g/mol. The summed E-state index contributed by atoms with van der Waals surface area (Å²) in [7, 11) is 0. The fourth-order valence-electron chi connectivity index (χ4n) is 1.56. The second-order valence-corrected chi connectivity index (χ2v) is 3.78. The summed E-state index contributed by atoms with van der Waals surface area (Å²) in [4.78, 5) is 11.7. The lowest BCUT2D eigenvalue weighted by atomic mass is 10.2. The van der Waals surface area contributed by atoms with Crippen molar-refractivity contribution in [3.8, 4) is 0 Å². The molecule has 0 radical (unpaired) electrons. The maximum atomic E-state index is 11.7. The third-order valence-electron chi connectivity index (χ3n) is 2.44. The van der Waals surface area contributed by atoms with Gasteiger partial charge in [-0.15, -0.1) is 0 Å². The standard InChI is InChI=1S/C14H14O3/c1-11-14(13(15)8-5-9-16-11)17-10-12-6-3-2-4-7-12/h2-7,9H,8,10H2,1H3. The van der Waals surface area contributed by atoms with Crippen LogP contribution in [0.25, 0.3) is 0 Å². The van der Waals surface area contributed by atoms with Gasteiger partial charge in [0.1, 0.15) is 12.4 Å². The maximum absolute atomic E-state index is 11.7. The predicted molar refractivity (Wildman–Crippen MR) is 63.8 cm³/mol. The highest BCUT2D eigenvalue weighted by molar-refractivity contribution is 5.95. The minimum Gasteiger partial charge on any atom is -0.482 e. The van der Waals surface area contributed by atoms with Crippen LogP contribution in [0.1, 0.15) is 18.9 Å². The maximum Gasteiger partial charge on any atom is 0.204 e. The van der Waals surface area contributed by atoms with Crippen molar-refractivity contribution in [2.75, 3.05) is 0 Å². The Kier molecular flexibility index (Phi) is 3.60. The lowest BCUT2D eigenvalue weighted by Gasteiger charge is -2.10. The third kappa shape index (κ3) is 2.97. The minimum absolute atomic E-state index is 0.0489. The van der Waals surface area contributed by atoms with Crippen molar-refractivity contribution in [3.05, 3.63) is 59.8 Å².